The molecule has 3 rings (SSSR count). The van der Waals surface area contributed by atoms with Gasteiger partial charge in [-0.1, -0.05) is 18.2 Å². The summed E-state index contributed by atoms with van der Waals surface area (Å²) >= 11 is 0. The number of hydrogen-bond acceptors (Lipinski definition) is 5. The van der Waals surface area contributed by atoms with Gasteiger partial charge < -0.3 is 15.5 Å². The van der Waals surface area contributed by atoms with Gasteiger partial charge in [0.1, 0.15) is 0 Å². The Labute approximate surface area is 160 Å². The van der Waals surface area contributed by atoms with E-state index in [1.54, 1.807) is 12.1 Å². The van der Waals surface area contributed by atoms with Gasteiger partial charge in [0.2, 0.25) is 5.91 Å². The number of para-hydroxylation sites is 1. The van der Waals surface area contributed by atoms with Crippen LogP contribution < -0.4 is 10.6 Å². The summed E-state index contributed by atoms with van der Waals surface area (Å²) in [4.78, 5) is 33.4. The highest BCUT2D eigenvalue weighted by Gasteiger charge is 2.28. The summed E-state index contributed by atoms with van der Waals surface area (Å²) < 4.78 is 0. The minimum absolute atomic E-state index is 0.0273. The number of rotatable bonds is 6. The van der Waals surface area contributed by atoms with E-state index in [9.17, 15) is 9.59 Å². The Kier molecular flexibility index (Phi) is 6.32. The molecule has 2 aromatic rings. The second-order valence-corrected chi connectivity index (χ2v) is 7.00. The number of Topliss-reactive ketones (excluding diaryl/α,β-unsaturated/α-hetero) is 1. The minimum Gasteiger partial charge on any atom is -0.324 e. The van der Waals surface area contributed by atoms with E-state index >= 15 is 0 Å². The van der Waals surface area contributed by atoms with Crippen LogP contribution in [0.15, 0.2) is 48.7 Å². The monoisotopic (exact) mass is 366 g/mol. The molecule has 0 atom stereocenters. The lowest BCUT2D eigenvalue weighted by molar-refractivity contribution is -0.123. The third kappa shape index (κ3) is 4.78. The quantitative estimate of drug-likeness (QED) is 0.792. The average molecular weight is 366 g/mol. The summed E-state index contributed by atoms with van der Waals surface area (Å²) in [6, 6.07) is 13.2. The van der Waals surface area contributed by atoms with E-state index in [4.69, 9.17) is 5.73 Å². The zero-order chi connectivity index (χ0) is 19.2. The fourth-order valence-corrected chi connectivity index (χ4v) is 3.34. The molecule has 0 saturated carbocycles. The molecule has 2 N–H and O–H groups in total. The van der Waals surface area contributed by atoms with Crippen LogP contribution in [0.3, 0.4) is 0 Å². The number of pyridine rings is 1. The fraction of sp³-hybridized carbons (Fsp3) is 0.381. The van der Waals surface area contributed by atoms with E-state index in [1.807, 2.05) is 35.2 Å². The molecule has 1 aliphatic heterocycles. The summed E-state index contributed by atoms with van der Waals surface area (Å²) in [5.74, 6) is 0.0223. The predicted octanol–water partition coefficient (Wildman–Crippen LogP) is 2.10. The molecule has 1 fully saturated rings. The van der Waals surface area contributed by atoms with E-state index in [0.29, 0.717) is 12.1 Å². The lowest BCUT2D eigenvalue weighted by Crippen LogP contribution is -2.41. The molecule has 1 saturated heterocycles. The first-order chi connectivity index (χ1) is 13.1. The number of anilines is 1. The van der Waals surface area contributed by atoms with Crippen LogP contribution in [0.5, 0.6) is 0 Å². The predicted molar refractivity (Wildman–Crippen MR) is 105 cm³/mol. The van der Waals surface area contributed by atoms with E-state index < -0.39 is 0 Å². The maximum atomic E-state index is 13.2. The van der Waals surface area contributed by atoms with Crippen LogP contribution in [0.2, 0.25) is 0 Å². The molecule has 0 unspecified atom stereocenters. The van der Waals surface area contributed by atoms with Crippen molar-refractivity contribution in [2.24, 2.45) is 11.7 Å². The number of likely N-dealkylation sites (tertiary alicyclic amines) is 1. The summed E-state index contributed by atoms with van der Waals surface area (Å²) in [7, 11) is 2.09. The van der Waals surface area contributed by atoms with E-state index in [0.717, 1.165) is 37.3 Å². The molecule has 6 nitrogen and oxygen atoms in total. The van der Waals surface area contributed by atoms with Gasteiger partial charge in [-0.05, 0) is 57.2 Å². The van der Waals surface area contributed by atoms with Crippen molar-refractivity contribution in [3.8, 4) is 0 Å². The molecule has 0 bridgehead atoms. The second kappa shape index (κ2) is 8.88. The third-order valence-electron chi connectivity index (χ3n) is 5.05. The molecule has 1 aromatic carbocycles. The van der Waals surface area contributed by atoms with Crippen LogP contribution in [0.1, 0.15) is 28.9 Å². The van der Waals surface area contributed by atoms with Crippen molar-refractivity contribution in [1.29, 1.82) is 0 Å². The molecule has 27 heavy (non-hydrogen) atoms. The van der Waals surface area contributed by atoms with Gasteiger partial charge in [-0.15, -0.1) is 0 Å². The molecule has 0 aliphatic carbocycles. The van der Waals surface area contributed by atoms with Crippen molar-refractivity contribution in [2.75, 3.05) is 31.6 Å². The molecular weight excluding hydrogens is 340 g/mol. The molecule has 142 valence electrons. The Bertz CT molecular complexity index is 769. The molecule has 6 heteroatoms. The smallest absolute Gasteiger partial charge is 0.230 e. The first-order valence-corrected chi connectivity index (χ1v) is 9.31. The Hall–Kier alpha value is -2.57. The van der Waals surface area contributed by atoms with E-state index in [2.05, 4.69) is 16.9 Å². The van der Waals surface area contributed by atoms with Gasteiger partial charge in [0.15, 0.2) is 5.78 Å². The number of amides is 1. The Morgan fingerprint density at radius 3 is 2.44 bits per heavy atom. The zero-order valence-electron chi connectivity index (χ0n) is 15.7. The van der Waals surface area contributed by atoms with Crippen LogP contribution in [-0.2, 0) is 11.3 Å². The highest BCUT2D eigenvalue weighted by molar-refractivity contribution is 5.97. The molecule has 0 radical (unpaired) electrons. The number of benzene rings is 1. The van der Waals surface area contributed by atoms with Crippen LogP contribution in [-0.4, -0.2) is 48.3 Å². The van der Waals surface area contributed by atoms with Crippen molar-refractivity contribution in [3.63, 3.8) is 0 Å². The SMILES string of the molecule is CN1CCC(C(=O)N(Cc2ccc(C(=O)CN)cn2)c2ccccc2)CC1. The highest BCUT2D eigenvalue weighted by Crippen LogP contribution is 2.24. The Balaban J connectivity index is 1.80. The maximum absolute atomic E-state index is 13.2. The first-order valence-electron chi connectivity index (χ1n) is 9.31. The summed E-state index contributed by atoms with van der Waals surface area (Å²) in [5, 5.41) is 0. The van der Waals surface area contributed by atoms with Crippen molar-refractivity contribution in [2.45, 2.75) is 19.4 Å². The fourth-order valence-electron chi connectivity index (χ4n) is 3.34. The molecule has 1 amide bonds. The van der Waals surface area contributed by atoms with Gasteiger partial charge in [-0.25, -0.2) is 0 Å². The molecule has 1 aliphatic rings. The van der Waals surface area contributed by atoms with Crippen molar-refractivity contribution < 1.29 is 9.59 Å². The first kappa shape index (κ1) is 19.2. The van der Waals surface area contributed by atoms with Gasteiger partial charge in [0.25, 0.3) is 0 Å². The number of piperidine rings is 1. The molecule has 0 spiro atoms. The van der Waals surface area contributed by atoms with Gasteiger partial charge in [0, 0.05) is 23.4 Å². The van der Waals surface area contributed by atoms with Crippen LogP contribution in [0.4, 0.5) is 5.69 Å². The van der Waals surface area contributed by atoms with E-state index in [-0.39, 0.29) is 24.2 Å². The summed E-state index contributed by atoms with van der Waals surface area (Å²) in [6.45, 7) is 2.22. The number of aromatic nitrogens is 1. The van der Waals surface area contributed by atoms with Gasteiger partial charge in [-0.2, -0.15) is 0 Å². The summed E-state index contributed by atoms with van der Waals surface area (Å²) in [6.07, 6.45) is 3.28. The lowest BCUT2D eigenvalue weighted by Gasteiger charge is -2.32. The highest BCUT2D eigenvalue weighted by atomic mass is 16.2. The zero-order valence-corrected chi connectivity index (χ0v) is 15.7. The third-order valence-corrected chi connectivity index (χ3v) is 5.05. The van der Waals surface area contributed by atoms with Gasteiger partial charge in [0.05, 0.1) is 18.8 Å². The number of carbonyl (C=O) groups excluding carboxylic acids is 2. The topological polar surface area (TPSA) is 79.5 Å². The van der Waals surface area contributed by atoms with E-state index in [1.165, 1.54) is 6.20 Å². The number of nitrogens with two attached hydrogens (primary N) is 1. The van der Waals surface area contributed by atoms with Crippen LogP contribution in [0.25, 0.3) is 0 Å². The number of ketones is 1. The minimum atomic E-state index is -0.142. The maximum Gasteiger partial charge on any atom is 0.230 e. The Morgan fingerprint density at radius 1 is 1.15 bits per heavy atom. The van der Waals surface area contributed by atoms with Crippen molar-refractivity contribution >= 4 is 17.4 Å². The van der Waals surface area contributed by atoms with Crippen molar-refractivity contribution in [3.05, 3.63) is 59.9 Å². The molecule has 2 heterocycles. The largest absolute Gasteiger partial charge is 0.324 e. The number of hydrogen-bond donors (Lipinski definition) is 1. The second-order valence-electron chi connectivity index (χ2n) is 7.00. The summed E-state index contributed by atoms with van der Waals surface area (Å²) in [5.41, 5.74) is 7.50. The molecule has 1 aromatic heterocycles. The number of carbonyl (C=O) groups is 2. The van der Waals surface area contributed by atoms with Gasteiger partial charge in [-0.3, -0.25) is 14.6 Å². The lowest BCUT2D eigenvalue weighted by atomic mass is 9.95. The average Bonchev–Trinajstić information content (AvgIpc) is 2.72. The van der Waals surface area contributed by atoms with Gasteiger partial charge >= 0.3 is 0 Å². The number of nitrogens with zero attached hydrogens (tertiary/aromatic N) is 3. The molecular formula is C21H26N4O2. The normalized spacial score (nSPS) is 15.5. The van der Waals surface area contributed by atoms with Crippen LogP contribution in [0, 0.1) is 5.92 Å². The Morgan fingerprint density at radius 2 is 1.85 bits per heavy atom. The van der Waals surface area contributed by atoms with Crippen molar-refractivity contribution in [1.82, 2.24) is 9.88 Å². The van der Waals surface area contributed by atoms with Crippen LogP contribution >= 0.6 is 0 Å². The standard InChI is InChI=1S/C21H26N4O2/c1-24-11-9-16(10-12-24)21(27)25(19-5-3-2-4-6-19)15-18-8-7-17(14-23-18)20(26)13-22/h2-8,14,16H,9-13,15,22H2,1H3.